The first-order valence-electron chi connectivity index (χ1n) is 8.61. The molecule has 1 aliphatic rings. The van der Waals surface area contributed by atoms with Crippen LogP contribution in [0, 0.1) is 13.8 Å². The summed E-state index contributed by atoms with van der Waals surface area (Å²) in [6.07, 6.45) is 2.21. The zero-order chi connectivity index (χ0) is 17.1. The lowest BCUT2D eigenvalue weighted by molar-refractivity contribution is -0.133. The summed E-state index contributed by atoms with van der Waals surface area (Å²) in [5.41, 5.74) is 2.54. The highest BCUT2D eigenvalue weighted by molar-refractivity contribution is 5.78. The Bertz CT molecular complexity index is 703. The second kappa shape index (κ2) is 7.22. The Morgan fingerprint density at radius 3 is 2.50 bits per heavy atom. The van der Waals surface area contributed by atoms with Gasteiger partial charge in [-0.25, -0.2) is 0 Å². The summed E-state index contributed by atoms with van der Waals surface area (Å²) in [6.45, 7) is 5.85. The standard InChI is InChI=1S/C20H26N2O2/c1-15-6-4-5-7-17(15)12-21(3)14-20(23)22(18-9-10-18)13-19-11-8-16(2)24-19/h4-8,11,18H,9-10,12-14H2,1-3H3. The van der Waals surface area contributed by atoms with Crippen LogP contribution in [-0.2, 0) is 17.9 Å². The van der Waals surface area contributed by atoms with Crippen LogP contribution in [0.15, 0.2) is 40.8 Å². The summed E-state index contributed by atoms with van der Waals surface area (Å²) in [5, 5.41) is 0. The van der Waals surface area contributed by atoms with Gasteiger partial charge in [0.25, 0.3) is 0 Å². The first-order chi connectivity index (χ1) is 11.5. The highest BCUT2D eigenvalue weighted by atomic mass is 16.3. The largest absolute Gasteiger partial charge is 0.464 e. The quantitative estimate of drug-likeness (QED) is 0.781. The molecular weight excluding hydrogens is 300 g/mol. The highest BCUT2D eigenvalue weighted by Gasteiger charge is 2.33. The van der Waals surface area contributed by atoms with Crippen LogP contribution in [0.25, 0.3) is 0 Å². The van der Waals surface area contributed by atoms with E-state index in [1.165, 1.54) is 11.1 Å². The lowest BCUT2D eigenvalue weighted by atomic mass is 10.1. The van der Waals surface area contributed by atoms with Crippen molar-refractivity contribution in [1.29, 1.82) is 0 Å². The Kier molecular flexibility index (Phi) is 5.05. The number of carbonyl (C=O) groups excluding carboxylic acids is 1. The van der Waals surface area contributed by atoms with Crippen LogP contribution in [0.1, 0.15) is 35.5 Å². The zero-order valence-electron chi connectivity index (χ0n) is 14.8. The van der Waals surface area contributed by atoms with E-state index in [0.29, 0.717) is 19.1 Å². The second-order valence-electron chi connectivity index (χ2n) is 6.86. The van der Waals surface area contributed by atoms with Crippen molar-refractivity contribution in [1.82, 2.24) is 9.80 Å². The molecule has 0 unspecified atom stereocenters. The molecule has 1 saturated carbocycles. The SMILES string of the molecule is Cc1ccc(CN(C(=O)CN(C)Cc2ccccc2C)C2CC2)o1. The van der Waals surface area contributed by atoms with Crippen molar-refractivity contribution in [3.63, 3.8) is 0 Å². The minimum atomic E-state index is 0.183. The molecular formula is C20H26N2O2. The molecule has 128 valence electrons. The van der Waals surface area contributed by atoms with Crippen LogP contribution in [0.5, 0.6) is 0 Å². The highest BCUT2D eigenvalue weighted by Crippen LogP contribution is 2.29. The smallest absolute Gasteiger partial charge is 0.237 e. The first kappa shape index (κ1) is 16.8. The maximum Gasteiger partial charge on any atom is 0.237 e. The number of carbonyl (C=O) groups is 1. The molecule has 2 aromatic rings. The van der Waals surface area contributed by atoms with Gasteiger partial charge in [0.15, 0.2) is 0 Å². The maximum absolute atomic E-state index is 12.8. The molecule has 1 fully saturated rings. The topological polar surface area (TPSA) is 36.7 Å². The van der Waals surface area contributed by atoms with Gasteiger partial charge in [-0.3, -0.25) is 9.69 Å². The van der Waals surface area contributed by atoms with Gasteiger partial charge < -0.3 is 9.32 Å². The minimum Gasteiger partial charge on any atom is -0.464 e. The fourth-order valence-corrected chi connectivity index (χ4v) is 3.00. The van der Waals surface area contributed by atoms with E-state index in [1.54, 1.807) is 0 Å². The van der Waals surface area contributed by atoms with E-state index in [1.807, 2.05) is 43.1 Å². The van der Waals surface area contributed by atoms with Gasteiger partial charge in [0.2, 0.25) is 5.91 Å². The molecule has 24 heavy (non-hydrogen) atoms. The number of likely N-dealkylation sites (N-methyl/N-ethyl adjacent to an activating group) is 1. The molecule has 1 aliphatic carbocycles. The number of aryl methyl sites for hydroxylation is 2. The van der Waals surface area contributed by atoms with Crippen LogP contribution in [-0.4, -0.2) is 35.3 Å². The van der Waals surface area contributed by atoms with Crippen molar-refractivity contribution in [3.05, 3.63) is 59.0 Å². The van der Waals surface area contributed by atoms with Gasteiger partial charge in [0.1, 0.15) is 11.5 Å². The number of benzene rings is 1. The first-order valence-corrected chi connectivity index (χ1v) is 8.61. The van der Waals surface area contributed by atoms with E-state index >= 15 is 0 Å². The molecule has 0 aliphatic heterocycles. The molecule has 0 bridgehead atoms. The van der Waals surface area contributed by atoms with Crippen LogP contribution >= 0.6 is 0 Å². The molecule has 1 amide bonds. The second-order valence-corrected chi connectivity index (χ2v) is 6.86. The van der Waals surface area contributed by atoms with Crippen molar-refractivity contribution in [2.75, 3.05) is 13.6 Å². The maximum atomic E-state index is 12.8. The summed E-state index contributed by atoms with van der Waals surface area (Å²) < 4.78 is 5.65. The van der Waals surface area contributed by atoms with Crippen molar-refractivity contribution in [2.24, 2.45) is 0 Å². The molecule has 1 heterocycles. The van der Waals surface area contributed by atoms with Crippen LogP contribution in [0.3, 0.4) is 0 Å². The van der Waals surface area contributed by atoms with Gasteiger partial charge in [-0.2, -0.15) is 0 Å². The van der Waals surface area contributed by atoms with E-state index in [9.17, 15) is 4.79 Å². The number of nitrogens with zero attached hydrogens (tertiary/aromatic N) is 2. The van der Waals surface area contributed by atoms with Crippen LogP contribution < -0.4 is 0 Å². The van der Waals surface area contributed by atoms with Gasteiger partial charge >= 0.3 is 0 Å². The lowest BCUT2D eigenvalue weighted by Crippen LogP contribution is -2.39. The van der Waals surface area contributed by atoms with E-state index < -0.39 is 0 Å². The van der Waals surface area contributed by atoms with Crippen molar-refractivity contribution >= 4 is 5.91 Å². The van der Waals surface area contributed by atoms with Crippen molar-refractivity contribution in [3.8, 4) is 0 Å². The number of amides is 1. The number of rotatable bonds is 7. The summed E-state index contributed by atoms with van der Waals surface area (Å²) >= 11 is 0. The molecule has 1 aromatic heterocycles. The Labute approximate surface area is 144 Å². The van der Waals surface area contributed by atoms with Gasteiger partial charge in [-0.1, -0.05) is 24.3 Å². The zero-order valence-corrected chi connectivity index (χ0v) is 14.8. The fourth-order valence-electron chi connectivity index (χ4n) is 3.00. The van der Waals surface area contributed by atoms with Crippen LogP contribution in [0.2, 0.25) is 0 Å². The predicted octanol–water partition coefficient (Wildman–Crippen LogP) is 3.52. The Morgan fingerprint density at radius 2 is 1.88 bits per heavy atom. The normalized spacial score (nSPS) is 14.2. The third kappa shape index (κ3) is 4.26. The predicted molar refractivity (Wildman–Crippen MR) is 94.5 cm³/mol. The van der Waals surface area contributed by atoms with Crippen molar-refractivity contribution < 1.29 is 9.21 Å². The molecule has 0 spiro atoms. The molecule has 0 saturated heterocycles. The average Bonchev–Trinajstić information content (AvgIpc) is 3.29. The number of hydrogen-bond acceptors (Lipinski definition) is 3. The summed E-state index contributed by atoms with van der Waals surface area (Å²) in [5.74, 6) is 1.95. The Balaban J connectivity index is 1.60. The van der Waals surface area contributed by atoms with Gasteiger partial charge in [-0.15, -0.1) is 0 Å². The van der Waals surface area contributed by atoms with Gasteiger partial charge in [-0.05, 0) is 57.0 Å². The van der Waals surface area contributed by atoms with E-state index in [2.05, 4.69) is 24.0 Å². The Morgan fingerprint density at radius 1 is 1.12 bits per heavy atom. The lowest BCUT2D eigenvalue weighted by Gasteiger charge is -2.25. The van der Waals surface area contributed by atoms with Crippen molar-refractivity contribution in [2.45, 2.75) is 45.8 Å². The molecule has 1 aromatic carbocycles. The van der Waals surface area contributed by atoms with Gasteiger partial charge in [0.05, 0.1) is 13.1 Å². The summed E-state index contributed by atoms with van der Waals surface area (Å²) in [6, 6.07) is 12.6. The third-order valence-electron chi connectivity index (χ3n) is 4.54. The molecule has 4 nitrogen and oxygen atoms in total. The van der Waals surface area contributed by atoms with Gasteiger partial charge in [0, 0.05) is 12.6 Å². The van der Waals surface area contributed by atoms with Crippen LogP contribution in [0.4, 0.5) is 0 Å². The fraction of sp³-hybridized carbons (Fsp3) is 0.450. The minimum absolute atomic E-state index is 0.183. The van der Waals surface area contributed by atoms with E-state index in [-0.39, 0.29) is 5.91 Å². The molecule has 0 atom stereocenters. The number of furan rings is 1. The molecule has 0 N–H and O–H groups in total. The van der Waals surface area contributed by atoms with E-state index in [4.69, 9.17) is 4.42 Å². The molecule has 0 radical (unpaired) electrons. The average molecular weight is 326 g/mol. The third-order valence-corrected chi connectivity index (χ3v) is 4.54. The Hall–Kier alpha value is -2.07. The summed E-state index contributed by atoms with van der Waals surface area (Å²) in [7, 11) is 2.01. The molecule has 3 rings (SSSR count). The number of hydrogen-bond donors (Lipinski definition) is 0. The summed E-state index contributed by atoms with van der Waals surface area (Å²) in [4.78, 5) is 16.8. The van der Waals surface area contributed by atoms with E-state index in [0.717, 1.165) is 30.9 Å². The molecule has 4 heteroatoms. The monoisotopic (exact) mass is 326 g/mol.